The van der Waals surface area contributed by atoms with Crippen LogP contribution in [-0.2, 0) is 14.6 Å². The Kier molecular flexibility index (Phi) is 6.25. The highest BCUT2D eigenvalue weighted by Crippen LogP contribution is 2.30. The minimum Gasteiger partial charge on any atom is -0.375 e. The Balaban J connectivity index is 1.82. The summed E-state index contributed by atoms with van der Waals surface area (Å²) >= 11 is 6.04. The number of nitrogens with one attached hydrogen (secondary N) is 2. The average molecular weight is 429 g/mol. The lowest BCUT2D eigenvalue weighted by Gasteiger charge is -2.14. The molecule has 0 unspecified atom stereocenters. The summed E-state index contributed by atoms with van der Waals surface area (Å²) in [7, 11) is -3.79. The Bertz CT molecular complexity index is 1150. The molecule has 0 bridgehead atoms. The van der Waals surface area contributed by atoms with Crippen molar-refractivity contribution in [2.24, 2.45) is 0 Å². The summed E-state index contributed by atoms with van der Waals surface area (Å²) in [5.41, 5.74) is 3.02. The van der Waals surface area contributed by atoms with Gasteiger partial charge >= 0.3 is 0 Å². The zero-order valence-corrected chi connectivity index (χ0v) is 17.6. The SMILES string of the molecule is Cc1ccc(C)c(NC(=O)CNc2ccc(Cl)cc2S(=O)(=O)c2ccccc2)c1. The number of carbonyl (C=O) groups excluding carboxylic acids is 1. The Morgan fingerprint density at radius 2 is 1.66 bits per heavy atom. The molecule has 0 saturated heterocycles. The van der Waals surface area contributed by atoms with E-state index < -0.39 is 9.84 Å². The summed E-state index contributed by atoms with van der Waals surface area (Å²) < 4.78 is 26.1. The molecule has 5 nitrogen and oxygen atoms in total. The molecule has 0 fully saturated rings. The Morgan fingerprint density at radius 3 is 2.38 bits per heavy atom. The van der Waals surface area contributed by atoms with Crippen LogP contribution in [0, 0.1) is 13.8 Å². The van der Waals surface area contributed by atoms with Crippen LogP contribution in [0.3, 0.4) is 0 Å². The fourth-order valence-electron chi connectivity index (χ4n) is 2.83. The number of amides is 1. The lowest BCUT2D eigenvalue weighted by atomic mass is 10.1. The highest BCUT2D eigenvalue weighted by molar-refractivity contribution is 7.91. The Hall–Kier alpha value is -2.83. The average Bonchev–Trinajstić information content (AvgIpc) is 2.70. The van der Waals surface area contributed by atoms with Crippen molar-refractivity contribution in [3.8, 4) is 0 Å². The van der Waals surface area contributed by atoms with E-state index in [2.05, 4.69) is 10.6 Å². The molecule has 0 heterocycles. The van der Waals surface area contributed by atoms with Crippen LogP contribution in [0.5, 0.6) is 0 Å². The number of carbonyl (C=O) groups is 1. The van der Waals surface area contributed by atoms with Gasteiger partial charge in [-0.15, -0.1) is 0 Å². The molecule has 0 aliphatic heterocycles. The van der Waals surface area contributed by atoms with E-state index >= 15 is 0 Å². The van der Waals surface area contributed by atoms with E-state index in [1.54, 1.807) is 30.3 Å². The van der Waals surface area contributed by atoms with Crippen molar-refractivity contribution in [3.05, 3.63) is 82.9 Å². The van der Waals surface area contributed by atoms with Crippen molar-refractivity contribution in [1.82, 2.24) is 0 Å². The third-order valence-electron chi connectivity index (χ3n) is 4.39. The Morgan fingerprint density at radius 1 is 0.931 bits per heavy atom. The molecular weight excluding hydrogens is 408 g/mol. The predicted octanol–water partition coefficient (Wildman–Crippen LogP) is 4.84. The first-order valence-corrected chi connectivity index (χ1v) is 10.8. The van der Waals surface area contributed by atoms with Crippen LogP contribution in [0.1, 0.15) is 11.1 Å². The molecule has 0 atom stereocenters. The van der Waals surface area contributed by atoms with E-state index in [0.29, 0.717) is 10.7 Å². The zero-order valence-electron chi connectivity index (χ0n) is 16.1. The minimum atomic E-state index is -3.79. The largest absolute Gasteiger partial charge is 0.375 e. The van der Waals surface area contributed by atoms with Crippen molar-refractivity contribution in [2.45, 2.75) is 23.6 Å². The number of aryl methyl sites for hydroxylation is 2. The third kappa shape index (κ3) is 4.96. The van der Waals surface area contributed by atoms with Gasteiger partial charge in [-0.1, -0.05) is 41.9 Å². The molecule has 0 saturated carbocycles. The van der Waals surface area contributed by atoms with Crippen molar-refractivity contribution < 1.29 is 13.2 Å². The van der Waals surface area contributed by atoms with Crippen molar-refractivity contribution >= 4 is 38.7 Å². The van der Waals surface area contributed by atoms with E-state index in [1.807, 2.05) is 32.0 Å². The van der Waals surface area contributed by atoms with Gasteiger partial charge in [-0.05, 0) is 61.4 Å². The summed E-state index contributed by atoms with van der Waals surface area (Å²) in [6.07, 6.45) is 0. The van der Waals surface area contributed by atoms with Gasteiger partial charge in [0.2, 0.25) is 15.7 Å². The van der Waals surface area contributed by atoms with E-state index in [9.17, 15) is 13.2 Å². The van der Waals surface area contributed by atoms with Gasteiger partial charge < -0.3 is 10.6 Å². The number of halogens is 1. The first-order valence-electron chi connectivity index (χ1n) is 8.98. The molecule has 3 rings (SSSR count). The van der Waals surface area contributed by atoms with Gasteiger partial charge in [0.05, 0.1) is 22.0 Å². The van der Waals surface area contributed by atoms with E-state index in [4.69, 9.17) is 11.6 Å². The van der Waals surface area contributed by atoms with Gasteiger partial charge in [0.15, 0.2) is 0 Å². The minimum absolute atomic E-state index is 0.0238. The highest BCUT2D eigenvalue weighted by atomic mass is 35.5. The molecule has 7 heteroatoms. The summed E-state index contributed by atoms with van der Waals surface area (Å²) in [6, 6.07) is 18.4. The summed E-state index contributed by atoms with van der Waals surface area (Å²) in [6.45, 7) is 3.76. The predicted molar refractivity (Wildman–Crippen MR) is 116 cm³/mol. The molecule has 0 radical (unpaired) electrons. The molecule has 3 aromatic carbocycles. The maximum Gasteiger partial charge on any atom is 0.243 e. The van der Waals surface area contributed by atoms with Gasteiger partial charge in [0.25, 0.3) is 0 Å². The molecule has 2 N–H and O–H groups in total. The van der Waals surface area contributed by atoms with Gasteiger partial charge in [-0.2, -0.15) is 0 Å². The van der Waals surface area contributed by atoms with Crippen molar-refractivity contribution in [2.75, 3.05) is 17.2 Å². The van der Waals surface area contributed by atoms with Gasteiger partial charge in [0.1, 0.15) is 0 Å². The molecule has 0 aliphatic carbocycles. The van der Waals surface area contributed by atoms with Crippen LogP contribution >= 0.6 is 11.6 Å². The number of anilines is 2. The summed E-state index contributed by atoms with van der Waals surface area (Å²) in [5.74, 6) is -0.281. The molecule has 29 heavy (non-hydrogen) atoms. The quantitative estimate of drug-likeness (QED) is 0.589. The standard InChI is InChI=1S/C22H21ClN2O3S/c1-15-8-9-16(2)20(12-15)25-22(26)14-24-19-11-10-17(23)13-21(19)29(27,28)18-6-4-3-5-7-18/h3-13,24H,14H2,1-2H3,(H,25,26). The monoisotopic (exact) mass is 428 g/mol. The number of rotatable bonds is 6. The fourth-order valence-corrected chi connectivity index (χ4v) is 4.55. The highest BCUT2D eigenvalue weighted by Gasteiger charge is 2.22. The number of hydrogen-bond donors (Lipinski definition) is 2. The second kappa shape index (κ2) is 8.68. The van der Waals surface area contributed by atoms with Gasteiger partial charge in [0, 0.05) is 10.7 Å². The van der Waals surface area contributed by atoms with Gasteiger partial charge in [-0.3, -0.25) is 4.79 Å². The normalized spacial score (nSPS) is 11.1. The number of benzene rings is 3. The van der Waals surface area contributed by atoms with E-state index in [1.165, 1.54) is 18.2 Å². The first kappa shape index (κ1) is 20.9. The van der Waals surface area contributed by atoms with E-state index in [0.717, 1.165) is 16.8 Å². The lowest BCUT2D eigenvalue weighted by molar-refractivity contribution is -0.114. The second-order valence-corrected chi connectivity index (χ2v) is 9.03. The lowest BCUT2D eigenvalue weighted by Crippen LogP contribution is -2.23. The van der Waals surface area contributed by atoms with Gasteiger partial charge in [-0.25, -0.2) is 8.42 Å². The molecule has 1 amide bonds. The number of sulfone groups is 1. The Labute approximate surface area is 175 Å². The number of hydrogen-bond acceptors (Lipinski definition) is 4. The van der Waals surface area contributed by atoms with Crippen molar-refractivity contribution in [1.29, 1.82) is 0 Å². The molecule has 3 aromatic rings. The fraction of sp³-hybridized carbons (Fsp3) is 0.136. The van der Waals surface area contributed by atoms with Crippen LogP contribution in [0.4, 0.5) is 11.4 Å². The molecular formula is C22H21ClN2O3S. The molecule has 0 aromatic heterocycles. The third-order valence-corrected chi connectivity index (χ3v) is 6.44. The summed E-state index contributed by atoms with van der Waals surface area (Å²) in [5, 5.41) is 6.06. The topological polar surface area (TPSA) is 75.3 Å². The summed E-state index contributed by atoms with van der Waals surface area (Å²) in [4.78, 5) is 12.6. The van der Waals surface area contributed by atoms with Crippen LogP contribution in [-0.4, -0.2) is 20.9 Å². The first-order chi connectivity index (χ1) is 13.8. The molecule has 0 aliphatic rings. The second-order valence-electron chi connectivity index (χ2n) is 6.68. The smallest absolute Gasteiger partial charge is 0.243 e. The van der Waals surface area contributed by atoms with Crippen LogP contribution in [0.15, 0.2) is 76.5 Å². The van der Waals surface area contributed by atoms with Crippen LogP contribution < -0.4 is 10.6 Å². The molecule has 150 valence electrons. The zero-order chi connectivity index (χ0) is 21.0. The van der Waals surface area contributed by atoms with Crippen molar-refractivity contribution in [3.63, 3.8) is 0 Å². The van der Waals surface area contributed by atoms with Crippen LogP contribution in [0.25, 0.3) is 0 Å². The maximum absolute atomic E-state index is 13.0. The van der Waals surface area contributed by atoms with Crippen LogP contribution in [0.2, 0.25) is 5.02 Å². The maximum atomic E-state index is 13.0. The van der Waals surface area contributed by atoms with E-state index in [-0.39, 0.29) is 22.2 Å². The molecule has 0 spiro atoms.